The van der Waals surface area contributed by atoms with Crippen LogP contribution in [0.1, 0.15) is 5.82 Å². The molecule has 0 aliphatic rings. The van der Waals surface area contributed by atoms with Crippen LogP contribution in [0, 0.1) is 0 Å². The number of aromatic amines is 1. The maximum absolute atomic E-state index is 10.4. The van der Waals surface area contributed by atoms with Crippen molar-refractivity contribution < 1.29 is 9.90 Å². The van der Waals surface area contributed by atoms with E-state index in [0.717, 1.165) is 11.5 Å². The van der Waals surface area contributed by atoms with Crippen LogP contribution in [-0.4, -0.2) is 20.4 Å². The van der Waals surface area contributed by atoms with Crippen molar-refractivity contribution >= 4 is 17.5 Å². The predicted molar refractivity (Wildman–Crippen MR) is 34.1 cm³/mol. The minimum Gasteiger partial charge on any atom is -0.481 e. The Morgan fingerprint density at radius 1 is 1.80 bits per heavy atom. The molecule has 2 N–H and O–H groups in total. The molecule has 0 atom stereocenters. The smallest absolute Gasteiger partial charge is 0.323 e. The first-order chi connectivity index (χ1) is 4.68. The van der Waals surface area contributed by atoms with Crippen LogP contribution in [0.3, 0.4) is 0 Å². The molecule has 1 aromatic heterocycles. The fraction of sp³-hybridized carbons (Fsp3) is 0.250. The lowest BCUT2D eigenvalue weighted by atomic mass is 10.4. The second-order valence-electron chi connectivity index (χ2n) is 1.61. The van der Waals surface area contributed by atoms with Gasteiger partial charge in [0.05, 0.1) is 0 Å². The molecule has 0 saturated heterocycles. The van der Waals surface area contributed by atoms with Gasteiger partial charge in [-0.3, -0.25) is 14.6 Å². The summed E-state index contributed by atoms with van der Waals surface area (Å²) >= 11 is 0.722. The summed E-state index contributed by atoms with van der Waals surface area (Å²) in [6, 6.07) is 0. The summed E-state index contributed by atoms with van der Waals surface area (Å²) in [6.45, 7) is 0. The van der Waals surface area contributed by atoms with Gasteiger partial charge in [0.15, 0.2) is 0 Å². The zero-order valence-corrected chi connectivity index (χ0v) is 5.64. The molecule has 0 radical (unpaired) electrons. The molecule has 0 saturated carbocycles. The molecule has 5 nitrogen and oxygen atoms in total. The maximum atomic E-state index is 10.4. The Labute approximate surface area is 59.5 Å². The van der Waals surface area contributed by atoms with Crippen LogP contribution in [0.15, 0.2) is 4.79 Å². The Kier molecular flexibility index (Phi) is 1.81. The van der Waals surface area contributed by atoms with Gasteiger partial charge < -0.3 is 5.11 Å². The van der Waals surface area contributed by atoms with E-state index in [1.165, 1.54) is 0 Å². The van der Waals surface area contributed by atoms with Crippen molar-refractivity contribution in [2.75, 3.05) is 0 Å². The molecule has 10 heavy (non-hydrogen) atoms. The lowest BCUT2D eigenvalue weighted by Gasteiger charge is -1.83. The van der Waals surface area contributed by atoms with E-state index >= 15 is 0 Å². The molecule has 0 bridgehead atoms. The molecule has 1 rings (SSSR count). The first-order valence-corrected chi connectivity index (χ1v) is 3.22. The molecule has 0 aliphatic heterocycles. The van der Waals surface area contributed by atoms with Gasteiger partial charge in [-0.05, 0) is 0 Å². The lowest BCUT2D eigenvalue weighted by molar-refractivity contribution is -0.136. The zero-order valence-electron chi connectivity index (χ0n) is 4.83. The van der Waals surface area contributed by atoms with Crippen LogP contribution in [0.4, 0.5) is 0 Å². The highest BCUT2D eigenvalue weighted by atomic mass is 32.1. The quantitative estimate of drug-likeness (QED) is 0.608. The summed E-state index contributed by atoms with van der Waals surface area (Å²) < 4.78 is 3.55. The molecule has 0 unspecified atom stereocenters. The molecule has 0 aromatic carbocycles. The van der Waals surface area contributed by atoms with Gasteiger partial charge in [0.2, 0.25) is 0 Å². The van der Waals surface area contributed by atoms with Crippen LogP contribution in [0.25, 0.3) is 0 Å². The van der Waals surface area contributed by atoms with Crippen molar-refractivity contribution in [2.24, 2.45) is 0 Å². The van der Waals surface area contributed by atoms with E-state index in [9.17, 15) is 9.59 Å². The third-order valence-electron chi connectivity index (χ3n) is 0.804. The van der Waals surface area contributed by atoms with Gasteiger partial charge in [-0.25, -0.2) is 0 Å². The Balaban J connectivity index is 2.76. The molecule has 0 fully saturated rings. The number of hydrogen-bond donors (Lipinski definition) is 2. The molecule has 0 spiro atoms. The van der Waals surface area contributed by atoms with Crippen LogP contribution < -0.4 is 4.87 Å². The van der Waals surface area contributed by atoms with E-state index in [1.807, 2.05) is 0 Å². The summed E-state index contributed by atoms with van der Waals surface area (Å²) in [6.07, 6.45) is -0.223. The summed E-state index contributed by atoms with van der Waals surface area (Å²) in [4.78, 5) is 22.4. The van der Waals surface area contributed by atoms with Gasteiger partial charge in [0.1, 0.15) is 12.2 Å². The first-order valence-electron chi connectivity index (χ1n) is 2.45. The molecule has 1 heterocycles. The highest BCUT2D eigenvalue weighted by Gasteiger charge is 2.02. The molecule has 6 heteroatoms. The minimum atomic E-state index is -0.999. The fourth-order valence-corrected chi connectivity index (χ4v) is 0.946. The Morgan fingerprint density at radius 3 is 2.90 bits per heavy atom. The van der Waals surface area contributed by atoms with Crippen LogP contribution in [0.5, 0.6) is 0 Å². The van der Waals surface area contributed by atoms with E-state index in [0.29, 0.717) is 0 Å². The predicted octanol–water partition coefficient (Wildman–Crippen LogP) is -0.541. The molecular formula is C4H4N2O3S. The molecule has 0 aliphatic carbocycles. The van der Waals surface area contributed by atoms with Crippen molar-refractivity contribution in [3.05, 3.63) is 15.5 Å². The highest BCUT2D eigenvalue weighted by Crippen LogP contribution is 1.88. The number of rotatable bonds is 2. The Hall–Kier alpha value is -1.17. The van der Waals surface area contributed by atoms with Crippen LogP contribution >= 0.6 is 11.5 Å². The SMILES string of the molecule is O=C(O)Cc1nsc(=O)[nH]1. The van der Waals surface area contributed by atoms with E-state index in [1.54, 1.807) is 0 Å². The van der Waals surface area contributed by atoms with Gasteiger partial charge in [-0.2, -0.15) is 4.37 Å². The number of nitrogens with zero attached hydrogens (tertiary/aromatic N) is 1. The lowest BCUT2D eigenvalue weighted by Crippen LogP contribution is -2.03. The van der Waals surface area contributed by atoms with Crippen molar-refractivity contribution in [1.29, 1.82) is 0 Å². The van der Waals surface area contributed by atoms with Crippen molar-refractivity contribution in [3.8, 4) is 0 Å². The standard InChI is InChI=1S/C4H4N2O3S/c7-3(8)1-2-5-4(9)10-6-2/h1H2,(H,7,8)(H,5,6,9). The maximum Gasteiger partial charge on any atom is 0.323 e. The van der Waals surface area contributed by atoms with Gasteiger partial charge in [0, 0.05) is 11.5 Å². The summed E-state index contributed by atoms with van der Waals surface area (Å²) in [5.41, 5.74) is 0. The third kappa shape index (κ3) is 1.66. The number of carbonyl (C=O) groups is 1. The van der Waals surface area contributed by atoms with Crippen molar-refractivity contribution in [1.82, 2.24) is 9.36 Å². The first kappa shape index (κ1) is 6.94. The zero-order chi connectivity index (χ0) is 7.56. The van der Waals surface area contributed by atoms with Gasteiger partial charge in [-0.1, -0.05) is 0 Å². The Morgan fingerprint density at radius 2 is 2.50 bits per heavy atom. The van der Waals surface area contributed by atoms with E-state index < -0.39 is 5.97 Å². The van der Waals surface area contributed by atoms with Gasteiger partial charge >= 0.3 is 10.8 Å². The largest absolute Gasteiger partial charge is 0.481 e. The summed E-state index contributed by atoms with van der Waals surface area (Å²) in [5.74, 6) is -0.788. The average Bonchev–Trinajstić information content (AvgIpc) is 2.13. The summed E-state index contributed by atoms with van der Waals surface area (Å²) in [5, 5.41) is 8.22. The molecule has 54 valence electrons. The number of hydrogen-bond acceptors (Lipinski definition) is 4. The average molecular weight is 160 g/mol. The third-order valence-corrected chi connectivity index (χ3v) is 1.38. The van der Waals surface area contributed by atoms with Crippen LogP contribution in [0.2, 0.25) is 0 Å². The number of carboxylic acids is 1. The normalized spacial score (nSPS) is 9.60. The minimum absolute atomic E-state index is 0.211. The number of H-pyrrole nitrogens is 1. The fourth-order valence-electron chi connectivity index (χ4n) is 0.480. The number of aromatic nitrogens is 2. The van der Waals surface area contributed by atoms with Crippen molar-refractivity contribution in [2.45, 2.75) is 6.42 Å². The monoisotopic (exact) mass is 160 g/mol. The number of carboxylic acid groups (broad SMARTS) is 1. The van der Waals surface area contributed by atoms with E-state index in [4.69, 9.17) is 5.11 Å². The molecular weight excluding hydrogens is 156 g/mol. The molecule has 1 aromatic rings. The summed E-state index contributed by atoms with van der Waals surface area (Å²) in [7, 11) is 0. The van der Waals surface area contributed by atoms with Gasteiger partial charge in [-0.15, -0.1) is 0 Å². The van der Waals surface area contributed by atoms with Crippen LogP contribution in [-0.2, 0) is 11.2 Å². The van der Waals surface area contributed by atoms with E-state index in [-0.39, 0.29) is 17.1 Å². The Bertz CT molecular complexity index is 289. The van der Waals surface area contributed by atoms with Crippen molar-refractivity contribution in [3.63, 3.8) is 0 Å². The van der Waals surface area contributed by atoms with Gasteiger partial charge in [0.25, 0.3) is 0 Å². The second-order valence-corrected chi connectivity index (χ2v) is 2.35. The van der Waals surface area contributed by atoms with E-state index in [2.05, 4.69) is 9.36 Å². The highest BCUT2D eigenvalue weighted by molar-refractivity contribution is 7.02. The number of aliphatic carboxylic acids is 1. The number of nitrogens with one attached hydrogen (secondary N) is 1. The second kappa shape index (κ2) is 2.61. The topological polar surface area (TPSA) is 83.0 Å². The molecule has 0 amide bonds.